The minimum atomic E-state index is 0.0196. The number of aliphatic hydroxyl groups is 1. The molecule has 1 aliphatic rings. The highest BCUT2D eigenvalue weighted by Gasteiger charge is 2.39. The average Bonchev–Trinajstić information content (AvgIpc) is 2.23. The van der Waals surface area contributed by atoms with E-state index in [1.54, 1.807) is 7.11 Å². The van der Waals surface area contributed by atoms with E-state index in [2.05, 4.69) is 12.1 Å². The molecular formula is C13H18O3. The Morgan fingerprint density at radius 1 is 1.44 bits per heavy atom. The van der Waals surface area contributed by atoms with Crippen LogP contribution in [0.15, 0.2) is 18.2 Å². The van der Waals surface area contributed by atoms with Crippen molar-refractivity contribution in [3.8, 4) is 5.75 Å². The van der Waals surface area contributed by atoms with Gasteiger partial charge in [-0.15, -0.1) is 0 Å². The molecule has 0 bridgehead atoms. The van der Waals surface area contributed by atoms with Crippen molar-refractivity contribution in [3.63, 3.8) is 0 Å². The summed E-state index contributed by atoms with van der Waals surface area (Å²) in [7, 11) is 1.68. The van der Waals surface area contributed by atoms with Gasteiger partial charge in [0.15, 0.2) is 0 Å². The van der Waals surface area contributed by atoms with Crippen LogP contribution in [0.25, 0.3) is 0 Å². The summed E-state index contributed by atoms with van der Waals surface area (Å²) in [5, 5.41) is 9.12. The van der Waals surface area contributed by atoms with Gasteiger partial charge in [0.05, 0.1) is 20.3 Å². The second-order valence-electron chi connectivity index (χ2n) is 4.43. The third-order valence-electron chi connectivity index (χ3n) is 3.35. The van der Waals surface area contributed by atoms with E-state index < -0.39 is 0 Å². The second kappa shape index (κ2) is 4.44. The standard InChI is InChI=1S/C13H18O3/c1-10-7-11(3-4-12(10)15-2)13(5-6-14)8-16-9-13/h3-4,7,14H,5-6,8-9H2,1-2H3. The highest BCUT2D eigenvalue weighted by Crippen LogP contribution is 2.37. The van der Waals surface area contributed by atoms with Gasteiger partial charge >= 0.3 is 0 Å². The van der Waals surface area contributed by atoms with Crippen LogP contribution in [0.1, 0.15) is 17.5 Å². The largest absolute Gasteiger partial charge is 0.496 e. The van der Waals surface area contributed by atoms with Gasteiger partial charge in [-0.1, -0.05) is 12.1 Å². The first kappa shape index (κ1) is 11.4. The molecule has 0 saturated carbocycles. The van der Waals surface area contributed by atoms with Gasteiger partial charge in [0.25, 0.3) is 0 Å². The normalized spacial score (nSPS) is 17.9. The van der Waals surface area contributed by atoms with Crippen molar-refractivity contribution < 1.29 is 14.6 Å². The van der Waals surface area contributed by atoms with E-state index in [1.807, 2.05) is 13.0 Å². The molecule has 88 valence electrons. The molecule has 3 nitrogen and oxygen atoms in total. The molecule has 1 fully saturated rings. The Morgan fingerprint density at radius 3 is 2.62 bits per heavy atom. The summed E-state index contributed by atoms with van der Waals surface area (Å²) < 4.78 is 10.5. The summed E-state index contributed by atoms with van der Waals surface area (Å²) in [6.07, 6.45) is 0.763. The third-order valence-corrected chi connectivity index (χ3v) is 3.35. The summed E-state index contributed by atoms with van der Waals surface area (Å²) in [6.45, 7) is 3.65. The first-order valence-corrected chi connectivity index (χ1v) is 5.55. The third kappa shape index (κ3) is 1.81. The summed E-state index contributed by atoms with van der Waals surface area (Å²) in [5.74, 6) is 0.906. The minimum Gasteiger partial charge on any atom is -0.496 e. The van der Waals surface area contributed by atoms with Crippen molar-refractivity contribution >= 4 is 0 Å². The predicted molar refractivity (Wildman–Crippen MR) is 61.9 cm³/mol. The molecule has 0 aromatic heterocycles. The topological polar surface area (TPSA) is 38.7 Å². The molecule has 0 spiro atoms. The summed E-state index contributed by atoms with van der Waals surface area (Å²) in [5.41, 5.74) is 2.39. The van der Waals surface area contributed by atoms with Crippen molar-refractivity contribution in [2.45, 2.75) is 18.8 Å². The van der Waals surface area contributed by atoms with Crippen molar-refractivity contribution in [2.75, 3.05) is 26.9 Å². The monoisotopic (exact) mass is 222 g/mol. The Kier molecular flexibility index (Phi) is 3.17. The maximum atomic E-state index is 9.12. The van der Waals surface area contributed by atoms with E-state index in [0.717, 1.165) is 17.7 Å². The van der Waals surface area contributed by atoms with Crippen LogP contribution in [-0.4, -0.2) is 32.0 Å². The van der Waals surface area contributed by atoms with Gasteiger partial charge in [-0.25, -0.2) is 0 Å². The van der Waals surface area contributed by atoms with Gasteiger partial charge in [-0.2, -0.15) is 0 Å². The fourth-order valence-corrected chi connectivity index (χ4v) is 2.23. The molecular weight excluding hydrogens is 204 g/mol. The lowest BCUT2D eigenvalue weighted by Crippen LogP contribution is -2.47. The van der Waals surface area contributed by atoms with Crippen molar-refractivity contribution in [2.24, 2.45) is 0 Å². The number of methoxy groups -OCH3 is 1. The van der Waals surface area contributed by atoms with E-state index in [-0.39, 0.29) is 12.0 Å². The Balaban J connectivity index is 2.29. The number of aryl methyl sites for hydroxylation is 1. The van der Waals surface area contributed by atoms with Crippen molar-refractivity contribution in [1.82, 2.24) is 0 Å². The van der Waals surface area contributed by atoms with Crippen LogP contribution in [0.4, 0.5) is 0 Å². The highest BCUT2D eigenvalue weighted by atomic mass is 16.5. The van der Waals surface area contributed by atoms with Crippen LogP contribution in [-0.2, 0) is 10.2 Å². The first-order valence-electron chi connectivity index (χ1n) is 5.55. The lowest BCUT2D eigenvalue weighted by atomic mass is 9.75. The summed E-state index contributed by atoms with van der Waals surface area (Å²) in [4.78, 5) is 0. The quantitative estimate of drug-likeness (QED) is 0.842. The van der Waals surface area contributed by atoms with E-state index in [9.17, 15) is 0 Å². The van der Waals surface area contributed by atoms with E-state index >= 15 is 0 Å². The number of ether oxygens (including phenoxy) is 2. The van der Waals surface area contributed by atoms with Crippen molar-refractivity contribution in [1.29, 1.82) is 0 Å². The van der Waals surface area contributed by atoms with E-state index in [1.165, 1.54) is 5.56 Å². The van der Waals surface area contributed by atoms with Crippen LogP contribution in [0.2, 0.25) is 0 Å². The molecule has 0 radical (unpaired) electrons. The molecule has 16 heavy (non-hydrogen) atoms. The molecule has 2 rings (SSSR count). The van der Waals surface area contributed by atoms with Gasteiger partial charge in [-0.05, 0) is 30.5 Å². The highest BCUT2D eigenvalue weighted by molar-refractivity contribution is 5.40. The second-order valence-corrected chi connectivity index (χ2v) is 4.43. The predicted octanol–water partition coefficient (Wildman–Crippen LogP) is 1.65. The Labute approximate surface area is 96.0 Å². The number of rotatable bonds is 4. The molecule has 1 heterocycles. The fraction of sp³-hybridized carbons (Fsp3) is 0.538. The molecule has 0 aliphatic carbocycles. The zero-order chi connectivity index (χ0) is 11.6. The van der Waals surface area contributed by atoms with Gasteiger partial charge < -0.3 is 14.6 Å². The molecule has 1 aliphatic heterocycles. The van der Waals surface area contributed by atoms with Gasteiger partial charge in [0, 0.05) is 12.0 Å². The molecule has 3 heteroatoms. The molecule has 0 atom stereocenters. The van der Waals surface area contributed by atoms with Crippen LogP contribution < -0.4 is 4.74 Å². The molecule has 0 unspecified atom stereocenters. The van der Waals surface area contributed by atoms with Crippen LogP contribution in [0.3, 0.4) is 0 Å². The van der Waals surface area contributed by atoms with Gasteiger partial charge in [0.2, 0.25) is 0 Å². The van der Waals surface area contributed by atoms with Crippen LogP contribution >= 0.6 is 0 Å². The van der Waals surface area contributed by atoms with E-state index in [4.69, 9.17) is 14.6 Å². The number of hydrogen-bond acceptors (Lipinski definition) is 3. The smallest absolute Gasteiger partial charge is 0.121 e. The Bertz CT molecular complexity index is 369. The number of benzene rings is 1. The summed E-state index contributed by atoms with van der Waals surface area (Å²) in [6, 6.07) is 6.20. The Morgan fingerprint density at radius 2 is 2.19 bits per heavy atom. The fourth-order valence-electron chi connectivity index (χ4n) is 2.23. The molecule has 0 amide bonds. The van der Waals surface area contributed by atoms with E-state index in [0.29, 0.717) is 13.2 Å². The molecule has 1 saturated heterocycles. The lowest BCUT2D eigenvalue weighted by Gasteiger charge is -2.42. The van der Waals surface area contributed by atoms with Gasteiger partial charge in [-0.3, -0.25) is 0 Å². The molecule has 1 aromatic rings. The van der Waals surface area contributed by atoms with Gasteiger partial charge in [0.1, 0.15) is 5.75 Å². The first-order chi connectivity index (χ1) is 7.72. The number of aliphatic hydroxyl groups excluding tert-OH is 1. The maximum absolute atomic E-state index is 9.12. The van der Waals surface area contributed by atoms with Crippen LogP contribution in [0, 0.1) is 6.92 Å². The zero-order valence-electron chi connectivity index (χ0n) is 9.82. The zero-order valence-corrected chi connectivity index (χ0v) is 9.82. The van der Waals surface area contributed by atoms with Crippen LogP contribution in [0.5, 0.6) is 5.75 Å². The maximum Gasteiger partial charge on any atom is 0.121 e. The molecule has 1 N–H and O–H groups in total. The van der Waals surface area contributed by atoms with Crippen molar-refractivity contribution in [3.05, 3.63) is 29.3 Å². The SMILES string of the molecule is COc1ccc(C2(CCO)COC2)cc1C. The lowest BCUT2D eigenvalue weighted by molar-refractivity contribution is -0.0701. The number of hydrogen-bond donors (Lipinski definition) is 1. The molecule has 1 aromatic carbocycles. The minimum absolute atomic E-state index is 0.0196. The average molecular weight is 222 g/mol. The summed E-state index contributed by atoms with van der Waals surface area (Å²) >= 11 is 0. The Hall–Kier alpha value is -1.06.